The third kappa shape index (κ3) is 2.60. The van der Waals surface area contributed by atoms with Crippen molar-refractivity contribution in [3.05, 3.63) is 53.6 Å². The van der Waals surface area contributed by atoms with E-state index in [0.29, 0.717) is 5.56 Å². The molecule has 0 aliphatic carbocycles. The van der Waals surface area contributed by atoms with Crippen LogP contribution in [0.25, 0.3) is 11.1 Å². The molecule has 0 atom stereocenters. The molecule has 0 bridgehead atoms. The Morgan fingerprint density at radius 2 is 1.74 bits per heavy atom. The normalized spacial score (nSPS) is 10.3. The lowest BCUT2D eigenvalue weighted by Gasteiger charge is -2.20. The molecule has 0 unspecified atom stereocenters. The molecular weight excluding hydrogens is 238 g/mol. The van der Waals surface area contributed by atoms with Gasteiger partial charge in [0.25, 0.3) is 0 Å². The monoisotopic (exact) mass is 255 g/mol. The van der Waals surface area contributed by atoms with Gasteiger partial charge in [-0.15, -0.1) is 0 Å². The van der Waals surface area contributed by atoms with Crippen LogP contribution in [0.3, 0.4) is 0 Å². The van der Waals surface area contributed by atoms with Crippen molar-refractivity contribution >= 4 is 11.7 Å². The van der Waals surface area contributed by atoms with Gasteiger partial charge in [0.05, 0.1) is 5.56 Å². The molecule has 0 fully saturated rings. The van der Waals surface area contributed by atoms with Gasteiger partial charge in [-0.05, 0) is 30.2 Å². The van der Waals surface area contributed by atoms with Crippen molar-refractivity contribution in [3.63, 3.8) is 0 Å². The molecule has 2 rings (SSSR count). The number of benzene rings is 2. The van der Waals surface area contributed by atoms with Gasteiger partial charge in [0.2, 0.25) is 0 Å². The lowest BCUT2D eigenvalue weighted by atomic mass is 9.95. The average Bonchev–Trinajstić information content (AvgIpc) is 2.38. The zero-order valence-electron chi connectivity index (χ0n) is 11.3. The minimum Gasteiger partial charge on any atom is -0.478 e. The minimum absolute atomic E-state index is 0.342. The third-order valence-electron chi connectivity index (χ3n) is 3.04. The predicted molar refractivity (Wildman–Crippen MR) is 77.9 cm³/mol. The van der Waals surface area contributed by atoms with Gasteiger partial charge in [0.1, 0.15) is 0 Å². The predicted octanol–water partition coefficient (Wildman–Crippen LogP) is 3.43. The lowest BCUT2D eigenvalue weighted by molar-refractivity contribution is 0.0697. The molecule has 3 heteroatoms. The summed E-state index contributed by atoms with van der Waals surface area (Å²) in [7, 11) is 3.85. The van der Waals surface area contributed by atoms with Crippen LogP contribution in [0.5, 0.6) is 0 Å². The number of anilines is 1. The Bertz CT molecular complexity index is 604. The number of aromatic carboxylic acids is 1. The molecular formula is C16H17NO2. The zero-order valence-corrected chi connectivity index (χ0v) is 11.3. The van der Waals surface area contributed by atoms with Crippen molar-refractivity contribution < 1.29 is 9.90 Å². The number of nitrogens with zero attached hydrogens (tertiary/aromatic N) is 1. The Kier molecular flexibility index (Phi) is 3.56. The van der Waals surface area contributed by atoms with Gasteiger partial charge in [-0.3, -0.25) is 0 Å². The van der Waals surface area contributed by atoms with Gasteiger partial charge < -0.3 is 10.0 Å². The molecule has 0 heterocycles. The molecule has 1 N–H and O–H groups in total. The number of carbonyl (C=O) groups is 1. The molecule has 0 spiro atoms. The van der Waals surface area contributed by atoms with Gasteiger partial charge in [-0.25, -0.2) is 4.79 Å². The van der Waals surface area contributed by atoms with E-state index in [2.05, 4.69) is 0 Å². The fourth-order valence-corrected chi connectivity index (χ4v) is 2.20. The van der Waals surface area contributed by atoms with E-state index in [1.54, 1.807) is 6.07 Å². The Morgan fingerprint density at radius 1 is 1.11 bits per heavy atom. The summed E-state index contributed by atoms with van der Waals surface area (Å²) >= 11 is 0. The van der Waals surface area contributed by atoms with Crippen LogP contribution in [0.2, 0.25) is 0 Å². The molecule has 3 nitrogen and oxygen atoms in total. The SMILES string of the molecule is Cc1cc(C(=O)O)c(-c2ccccc2)c(N(C)C)c1. The summed E-state index contributed by atoms with van der Waals surface area (Å²) in [4.78, 5) is 13.4. The van der Waals surface area contributed by atoms with E-state index in [1.165, 1.54) is 0 Å². The molecule has 0 radical (unpaired) electrons. The van der Waals surface area contributed by atoms with Gasteiger partial charge >= 0.3 is 5.97 Å². The zero-order chi connectivity index (χ0) is 14.0. The highest BCUT2D eigenvalue weighted by molar-refractivity contribution is 6.00. The number of rotatable bonds is 3. The van der Waals surface area contributed by atoms with Gasteiger partial charge in [-0.1, -0.05) is 30.3 Å². The maximum Gasteiger partial charge on any atom is 0.336 e. The van der Waals surface area contributed by atoms with Crippen LogP contribution in [0.4, 0.5) is 5.69 Å². The van der Waals surface area contributed by atoms with E-state index < -0.39 is 5.97 Å². The fraction of sp³-hybridized carbons (Fsp3) is 0.188. The van der Waals surface area contributed by atoms with E-state index in [-0.39, 0.29) is 0 Å². The Balaban J connectivity index is 2.79. The van der Waals surface area contributed by atoms with E-state index in [9.17, 15) is 9.90 Å². The third-order valence-corrected chi connectivity index (χ3v) is 3.04. The number of aryl methyl sites for hydroxylation is 1. The summed E-state index contributed by atoms with van der Waals surface area (Å²) in [6, 6.07) is 13.4. The fourth-order valence-electron chi connectivity index (χ4n) is 2.20. The second-order valence-corrected chi connectivity index (χ2v) is 4.77. The van der Waals surface area contributed by atoms with Crippen molar-refractivity contribution in [1.29, 1.82) is 0 Å². The maximum atomic E-state index is 11.5. The topological polar surface area (TPSA) is 40.5 Å². The summed E-state index contributed by atoms with van der Waals surface area (Å²) in [5.41, 5.74) is 3.89. The molecule has 0 aromatic heterocycles. The molecule has 0 saturated carbocycles. The first kappa shape index (κ1) is 13.1. The smallest absolute Gasteiger partial charge is 0.336 e. The first-order chi connectivity index (χ1) is 9.00. The first-order valence-electron chi connectivity index (χ1n) is 6.11. The second kappa shape index (κ2) is 5.14. The molecule has 0 aliphatic rings. The van der Waals surface area contributed by atoms with Crippen molar-refractivity contribution in [2.24, 2.45) is 0 Å². The average molecular weight is 255 g/mol. The Morgan fingerprint density at radius 3 is 2.26 bits per heavy atom. The highest BCUT2D eigenvalue weighted by Gasteiger charge is 2.17. The minimum atomic E-state index is -0.898. The van der Waals surface area contributed by atoms with Crippen LogP contribution in [-0.4, -0.2) is 25.2 Å². The first-order valence-corrected chi connectivity index (χ1v) is 6.11. The standard InChI is InChI=1S/C16H17NO2/c1-11-9-13(16(18)19)15(14(10-11)17(2)3)12-7-5-4-6-8-12/h4-10H,1-3H3,(H,18,19). The molecule has 0 amide bonds. The van der Waals surface area contributed by atoms with Crippen molar-refractivity contribution in [1.82, 2.24) is 0 Å². The molecule has 19 heavy (non-hydrogen) atoms. The molecule has 0 aliphatic heterocycles. The van der Waals surface area contributed by atoms with Crippen molar-refractivity contribution in [3.8, 4) is 11.1 Å². The van der Waals surface area contributed by atoms with Gasteiger partial charge in [0, 0.05) is 25.3 Å². The highest BCUT2D eigenvalue weighted by atomic mass is 16.4. The molecule has 98 valence electrons. The second-order valence-electron chi connectivity index (χ2n) is 4.77. The van der Waals surface area contributed by atoms with E-state index in [1.807, 2.05) is 62.3 Å². The van der Waals surface area contributed by atoms with E-state index >= 15 is 0 Å². The summed E-state index contributed by atoms with van der Waals surface area (Å²) in [6.07, 6.45) is 0. The Hall–Kier alpha value is -2.29. The summed E-state index contributed by atoms with van der Waals surface area (Å²) in [6.45, 7) is 1.91. The van der Waals surface area contributed by atoms with Crippen molar-refractivity contribution in [2.45, 2.75) is 6.92 Å². The summed E-state index contributed by atoms with van der Waals surface area (Å²) < 4.78 is 0. The van der Waals surface area contributed by atoms with Crippen molar-refractivity contribution in [2.75, 3.05) is 19.0 Å². The van der Waals surface area contributed by atoms with Crippen LogP contribution in [0.15, 0.2) is 42.5 Å². The van der Waals surface area contributed by atoms with E-state index in [4.69, 9.17) is 0 Å². The molecule has 2 aromatic carbocycles. The number of carboxylic acid groups (broad SMARTS) is 1. The summed E-state index contributed by atoms with van der Waals surface area (Å²) in [5.74, 6) is -0.898. The maximum absolute atomic E-state index is 11.5. The highest BCUT2D eigenvalue weighted by Crippen LogP contribution is 2.34. The van der Waals surface area contributed by atoms with Gasteiger partial charge in [0.15, 0.2) is 0 Å². The summed E-state index contributed by atoms with van der Waals surface area (Å²) in [5, 5.41) is 9.44. The number of hydrogen-bond donors (Lipinski definition) is 1. The van der Waals surface area contributed by atoms with Crippen LogP contribution >= 0.6 is 0 Å². The van der Waals surface area contributed by atoms with E-state index in [0.717, 1.165) is 22.4 Å². The quantitative estimate of drug-likeness (QED) is 0.913. The van der Waals surface area contributed by atoms with Crippen LogP contribution < -0.4 is 4.90 Å². The van der Waals surface area contributed by atoms with Crippen LogP contribution in [0, 0.1) is 6.92 Å². The van der Waals surface area contributed by atoms with Crippen LogP contribution in [0.1, 0.15) is 15.9 Å². The lowest BCUT2D eigenvalue weighted by Crippen LogP contribution is -2.13. The Labute approximate surface area is 113 Å². The van der Waals surface area contributed by atoms with Gasteiger partial charge in [-0.2, -0.15) is 0 Å². The van der Waals surface area contributed by atoms with Crippen LogP contribution in [-0.2, 0) is 0 Å². The number of carboxylic acids is 1. The number of hydrogen-bond acceptors (Lipinski definition) is 2. The molecule has 0 saturated heterocycles. The largest absolute Gasteiger partial charge is 0.478 e. The molecule has 2 aromatic rings.